The number of ether oxygens (including phenoxy) is 1. The first kappa shape index (κ1) is 33.9. The Morgan fingerprint density at radius 3 is 2.22 bits per heavy atom. The Balaban J connectivity index is 1.51. The first-order valence-corrected chi connectivity index (χ1v) is 15.9. The first-order chi connectivity index (χ1) is 21.3. The highest BCUT2D eigenvalue weighted by Crippen LogP contribution is 2.36. The number of hydrogen-bond acceptors (Lipinski definition) is 6. The predicted octanol–water partition coefficient (Wildman–Crippen LogP) is 6.88. The van der Waals surface area contributed by atoms with E-state index >= 15 is 0 Å². The lowest BCUT2D eigenvalue weighted by atomic mass is 9.86. The van der Waals surface area contributed by atoms with E-state index < -0.39 is 46.2 Å². The van der Waals surface area contributed by atoms with Gasteiger partial charge in [-0.3, -0.25) is 4.79 Å². The average Bonchev–Trinajstić information content (AvgIpc) is 3.03. The van der Waals surface area contributed by atoms with E-state index in [0.717, 1.165) is 12.1 Å². The highest BCUT2D eigenvalue weighted by molar-refractivity contribution is 7.91. The lowest BCUT2D eigenvalue weighted by Gasteiger charge is -2.41. The van der Waals surface area contributed by atoms with Crippen LogP contribution >= 0.6 is 0 Å². The van der Waals surface area contributed by atoms with Crippen molar-refractivity contribution in [3.63, 3.8) is 0 Å². The van der Waals surface area contributed by atoms with Crippen molar-refractivity contribution in [2.45, 2.75) is 61.9 Å². The molecule has 0 aromatic heterocycles. The summed E-state index contributed by atoms with van der Waals surface area (Å²) in [6, 6.07) is 18.2. The van der Waals surface area contributed by atoms with Crippen LogP contribution in [0.2, 0.25) is 0 Å². The van der Waals surface area contributed by atoms with Crippen molar-refractivity contribution < 1.29 is 39.9 Å². The van der Waals surface area contributed by atoms with Gasteiger partial charge < -0.3 is 15.0 Å². The second kappa shape index (κ2) is 14.4. The van der Waals surface area contributed by atoms with Crippen molar-refractivity contribution in [3.8, 4) is 6.07 Å². The Morgan fingerprint density at radius 2 is 1.67 bits per heavy atom. The zero-order valence-electron chi connectivity index (χ0n) is 24.3. The van der Waals surface area contributed by atoms with Gasteiger partial charge in [0.2, 0.25) is 0 Å². The second-order valence-corrected chi connectivity index (χ2v) is 13.0. The molecule has 1 aliphatic heterocycles. The van der Waals surface area contributed by atoms with Gasteiger partial charge in [-0.15, -0.1) is 0 Å². The minimum Gasteiger partial charge on any atom is -0.366 e. The van der Waals surface area contributed by atoms with Crippen LogP contribution in [-0.4, -0.2) is 45.9 Å². The predicted molar refractivity (Wildman–Crippen MR) is 158 cm³/mol. The van der Waals surface area contributed by atoms with Crippen LogP contribution in [-0.2, 0) is 20.8 Å². The van der Waals surface area contributed by atoms with E-state index in [1.807, 2.05) is 11.0 Å². The Kier molecular flexibility index (Phi) is 10.8. The summed E-state index contributed by atoms with van der Waals surface area (Å²) in [6.07, 6.45) is -3.51. The highest BCUT2D eigenvalue weighted by atomic mass is 32.2. The van der Waals surface area contributed by atoms with Gasteiger partial charge in [-0.05, 0) is 72.5 Å². The smallest absolute Gasteiger partial charge is 0.366 e. The molecule has 0 bridgehead atoms. The third-order valence-corrected chi connectivity index (χ3v) is 9.66. The minimum atomic E-state index is -4.46. The summed E-state index contributed by atoms with van der Waals surface area (Å²) in [6.45, 7) is -1.34. The molecule has 13 heteroatoms. The lowest BCUT2D eigenvalue weighted by Crippen LogP contribution is -2.45. The normalized spacial score (nSPS) is 18.0. The molecule has 0 spiro atoms. The molecule has 1 heterocycles. The highest BCUT2D eigenvalue weighted by Gasteiger charge is 2.33. The van der Waals surface area contributed by atoms with Gasteiger partial charge in [0.1, 0.15) is 0 Å². The van der Waals surface area contributed by atoms with Crippen LogP contribution in [0.3, 0.4) is 0 Å². The molecule has 7 nitrogen and oxygen atoms in total. The molecule has 0 saturated carbocycles. The summed E-state index contributed by atoms with van der Waals surface area (Å²) in [7, 11) is -3.41. The maximum absolute atomic E-state index is 13.1. The van der Waals surface area contributed by atoms with E-state index in [9.17, 15) is 40.4 Å². The number of nitrogens with one attached hydrogen (secondary N) is 1. The topological polar surface area (TPSA) is 99.5 Å². The molecule has 240 valence electrons. The monoisotopic (exact) mass is 649 g/mol. The molecule has 1 aliphatic rings. The van der Waals surface area contributed by atoms with Crippen molar-refractivity contribution in [2.24, 2.45) is 0 Å². The summed E-state index contributed by atoms with van der Waals surface area (Å²) in [5, 5.41) is 12.1. The molecule has 3 aromatic rings. The molecule has 1 fully saturated rings. The van der Waals surface area contributed by atoms with Crippen LogP contribution in [0.5, 0.6) is 0 Å². The summed E-state index contributed by atoms with van der Waals surface area (Å²) in [5.74, 6) is -0.706. The number of nitriles is 1. The van der Waals surface area contributed by atoms with Gasteiger partial charge in [0.05, 0.1) is 47.4 Å². The second-order valence-electron chi connectivity index (χ2n) is 10.7. The van der Waals surface area contributed by atoms with E-state index in [1.54, 1.807) is 36.4 Å². The van der Waals surface area contributed by atoms with E-state index in [-0.39, 0.29) is 35.2 Å². The zero-order chi connectivity index (χ0) is 32.8. The lowest BCUT2D eigenvalue weighted by molar-refractivity contribution is -0.137. The Morgan fingerprint density at radius 1 is 1.02 bits per heavy atom. The third kappa shape index (κ3) is 8.58. The third-order valence-electron chi connectivity index (χ3n) is 7.91. The Bertz CT molecular complexity index is 1590. The van der Waals surface area contributed by atoms with Gasteiger partial charge in [-0.25, -0.2) is 8.42 Å². The minimum absolute atomic E-state index is 0.0609. The van der Waals surface area contributed by atoms with Gasteiger partial charge >= 0.3 is 12.8 Å². The number of alkyl halides is 5. The number of rotatable bonds is 11. The number of carbonyl (C=O) groups excluding carboxylic acids is 1. The van der Waals surface area contributed by atoms with Crippen LogP contribution in [0.4, 0.5) is 27.6 Å². The van der Waals surface area contributed by atoms with Crippen molar-refractivity contribution in [1.29, 1.82) is 5.26 Å². The summed E-state index contributed by atoms with van der Waals surface area (Å²) >= 11 is 0. The van der Waals surface area contributed by atoms with Crippen LogP contribution < -0.4 is 10.2 Å². The molecule has 3 aromatic carbocycles. The van der Waals surface area contributed by atoms with Gasteiger partial charge in [0.25, 0.3) is 5.91 Å². The number of benzene rings is 3. The molecular formula is C32H32F5N3O4S. The maximum atomic E-state index is 13.1. The molecule has 0 aliphatic carbocycles. The molecule has 0 unspecified atom stereocenters. The summed E-state index contributed by atoms with van der Waals surface area (Å²) in [5.41, 5.74) is 1.38. The Hall–Kier alpha value is -4.02. The van der Waals surface area contributed by atoms with E-state index in [2.05, 4.69) is 10.1 Å². The summed E-state index contributed by atoms with van der Waals surface area (Å²) < 4.78 is 93.8. The number of carbonyl (C=O) groups is 1. The number of hydrogen-bond donors (Lipinski definition) is 1. The molecular weight excluding hydrogens is 617 g/mol. The molecule has 0 radical (unpaired) electrons. The summed E-state index contributed by atoms with van der Waals surface area (Å²) in [4.78, 5) is 15.1. The van der Waals surface area contributed by atoms with E-state index in [1.165, 1.54) is 31.2 Å². The van der Waals surface area contributed by atoms with Crippen molar-refractivity contribution in [1.82, 2.24) is 5.32 Å². The quantitative estimate of drug-likeness (QED) is 0.228. The number of anilines is 1. The van der Waals surface area contributed by atoms with Crippen LogP contribution in [0.25, 0.3) is 0 Å². The SMILES string of the molecule is CCS(=O)(=O)c1ccc([C@@H](CC#N)NC(=O)c2ccc(N3C[C@H](c4ccc(C(F)(F)F)cc4)CC[C@H]3COC(F)F)cc2)cc1. The molecule has 4 rings (SSSR count). The number of sulfone groups is 1. The van der Waals surface area contributed by atoms with Crippen molar-refractivity contribution >= 4 is 21.4 Å². The average molecular weight is 650 g/mol. The van der Waals surface area contributed by atoms with Gasteiger partial charge in [0.15, 0.2) is 9.84 Å². The van der Waals surface area contributed by atoms with Gasteiger partial charge in [0, 0.05) is 23.7 Å². The fraction of sp³-hybridized carbons (Fsp3) is 0.375. The molecule has 3 atom stereocenters. The van der Waals surface area contributed by atoms with Crippen LogP contribution in [0.1, 0.15) is 65.2 Å². The fourth-order valence-electron chi connectivity index (χ4n) is 5.38. The standard InChI is InChI=1S/C32H32F5N3O4S/c1-2-45(42,43)28-15-8-22(9-16-28)29(17-18-38)39-30(41)23-5-12-26(13-6-23)40-19-24(7-14-27(40)20-44-31(33)34)21-3-10-25(11-4-21)32(35,36)37/h3-6,8-13,15-16,24,27,29,31H,2,7,14,17,19-20H2,1H3,(H,39,41)/t24-,27+,29-/m1/s1. The zero-order valence-corrected chi connectivity index (χ0v) is 25.1. The van der Waals surface area contributed by atoms with Gasteiger partial charge in [-0.1, -0.05) is 31.2 Å². The number of piperidine rings is 1. The van der Waals surface area contributed by atoms with Crippen molar-refractivity contribution in [3.05, 3.63) is 95.1 Å². The Labute approximate surface area is 258 Å². The van der Waals surface area contributed by atoms with Gasteiger partial charge in [-0.2, -0.15) is 27.2 Å². The first-order valence-electron chi connectivity index (χ1n) is 14.3. The van der Waals surface area contributed by atoms with Crippen LogP contribution in [0.15, 0.2) is 77.7 Å². The molecule has 1 saturated heterocycles. The molecule has 1 amide bonds. The fourth-order valence-corrected chi connectivity index (χ4v) is 6.26. The van der Waals surface area contributed by atoms with E-state index in [4.69, 9.17) is 0 Å². The molecule has 45 heavy (non-hydrogen) atoms. The van der Waals surface area contributed by atoms with Crippen LogP contribution in [0, 0.1) is 11.3 Å². The number of amides is 1. The van der Waals surface area contributed by atoms with Crippen molar-refractivity contribution in [2.75, 3.05) is 23.8 Å². The number of halogens is 5. The maximum Gasteiger partial charge on any atom is 0.416 e. The molecule has 1 N–H and O–H groups in total. The largest absolute Gasteiger partial charge is 0.416 e. The number of nitrogens with zero attached hydrogens (tertiary/aromatic N) is 2. The van der Waals surface area contributed by atoms with E-state index in [0.29, 0.717) is 36.2 Å².